The van der Waals surface area contributed by atoms with Gasteiger partial charge in [0.1, 0.15) is 5.57 Å². The molecule has 1 aromatic rings. The van der Waals surface area contributed by atoms with Crippen molar-refractivity contribution in [3.8, 4) is 0 Å². The highest BCUT2D eigenvalue weighted by molar-refractivity contribution is 6.18. The van der Waals surface area contributed by atoms with Gasteiger partial charge < -0.3 is 20.6 Å². The van der Waals surface area contributed by atoms with Crippen molar-refractivity contribution in [2.45, 2.75) is 32.8 Å². The molecule has 0 saturated heterocycles. The fourth-order valence-electron chi connectivity index (χ4n) is 2.01. The van der Waals surface area contributed by atoms with E-state index in [1.807, 2.05) is 44.2 Å². The number of aliphatic hydroxyl groups is 1. The maximum absolute atomic E-state index is 12.1. The predicted octanol–water partition coefficient (Wildman–Crippen LogP) is 0.303. The maximum Gasteiger partial charge on any atom is 0.261 e. The molecule has 1 aliphatic rings. The van der Waals surface area contributed by atoms with Crippen LogP contribution in [0, 0.1) is 0 Å². The van der Waals surface area contributed by atoms with Gasteiger partial charge >= 0.3 is 0 Å². The van der Waals surface area contributed by atoms with Crippen molar-refractivity contribution < 1.29 is 14.7 Å². The Bertz CT molecular complexity index is 555. The minimum atomic E-state index is -1.11. The second-order valence-corrected chi connectivity index (χ2v) is 5.10. The van der Waals surface area contributed by atoms with Gasteiger partial charge in [-0.1, -0.05) is 30.3 Å². The van der Waals surface area contributed by atoms with Gasteiger partial charge in [-0.3, -0.25) is 9.59 Å². The van der Waals surface area contributed by atoms with Crippen LogP contribution in [0.5, 0.6) is 0 Å². The smallest absolute Gasteiger partial charge is 0.261 e. The zero-order valence-electron chi connectivity index (χ0n) is 12.0. The van der Waals surface area contributed by atoms with Crippen LogP contribution < -0.4 is 10.6 Å². The van der Waals surface area contributed by atoms with Gasteiger partial charge in [0.2, 0.25) is 6.35 Å². The second-order valence-electron chi connectivity index (χ2n) is 5.10. The highest BCUT2D eigenvalue weighted by Gasteiger charge is 2.30. The summed E-state index contributed by atoms with van der Waals surface area (Å²) in [4.78, 5) is 25.4. The van der Waals surface area contributed by atoms with Gasteiger partial charge in [0, 0.05) is 18.8 Å². The maximum atomic E-state index is 12.1. The molecular weight excluding hydrogens is 270 g/mol. The van der Waals surface area contributed by atoms with Crippen molar-refractivity contribution in [1.29, 1.82) is 0 Å². The Balaban J connectivity index is 2.06. The average molecular weight is 289 g/mol. The van der Waals surface area contributed by atoms with Crippen LogP contribution in [0.2, 0.25) is 0 Å². The Morgan fingerprint density at radius 2 is 2.05 bits per heavy atom. The SMILES string of the molecule is CC(C)N1C=C(C(=O)NCc2ccccc2)C(=O)NC1O. The zero-order valence-corrected chi connectivity index (χ0v) is 12.0. The number of nitrogens with one attached hydrogen (secondary N) is 2. The third kappa shape index (κ3) is 3.61. The van der Waals surface area contributed by atoms with E-state index in [1.165, 1.54) is 11.1 Å². The molecule has 3 N–H and O–H groups in total. The molecule has 6 nitrogen and oxygen atoms in total. The summed E-state index contributed by atoms with van der Waals surface area (Å²) in [5.41, 5.74) is 0.938. The van der Waals surface area contributed by atoms with Gasteiger partial charge in [0.05, 0.1) is 0 Å². The number of rotatable bonds is 4. The summed E-state index contributed by atoms with van der Waals surface area (Å²) < 4.78 is 0. The van der Waals surface area contributed by atoms with E-state index in [-0.39, 0.29) is 11.6 Å². The van der Waals surface area contributed by atoms with Gasteiger partial charge in [-0.05, 0) is 19.4 Å². The van der Waals surface area contributed by atoms with E-state index in [1.54, 1.807) is 0 Å². The lowest BCUT2D eigenvalue weighted by Gasteiger charge is -2.34. The molecule has 1 aliphatic heterocycles. The molecule has 2 rings (SSSR count). The summed E-state index contributed by atoms with van der Waals surface area (Å²) in [5, 5.41) is 14.8. The number of hydrogen-bond acceptors (Lipinski definition) is 4. The van der Waals surface area contributed by atoms with Crippen LogP contribution in [0.1, 0.15) is 19.4 Å². The van der Waals surface area contributed by atoms with Gasteiger partial charge in [-0.25, -0.2) is 0 Å². The number of aliphatic hydroxyl groups excluding tert-OH is 1. The van der Waals surface area contributed by atoms with Crippen LogP contribution in [0.4, 0.5) is 0 Å². The molecule has 1 aromatic carbocycles. The molecule has 0 aromatic heterocycles. The quantitative estimate of drug-likeness (QED) is 0.697. The number of hydrogen-bond donors (Lipinski definition) is 3. The van der Waals surface area contributed by atoms with Crippen molar-refractivity contribution in [1.82, 2.24) is 15.5 Å². The highest BCUT2D eigenvalue weighted by Crippen LogP contribution is 2.12. The third-order valence-corrected chi connectivity index (χ3v) is 3.20. The van der Waals surface area contributed by atoms with E-state index in [0.29, 0.717) is 6.54 Å². The van der Waals surface area contributed by atoms with E-state index >= 15 is 0 Å². The summed E-state index contributed by atoms with van der Waals surface area (Å²) in [6.07, 6.45) is 0.289. The highest BCUT2D eigenvalue weighted by atomic mass is 16.3. The Morgan fingerprint density at radius 3 is 2.67 bits per heavy atom. The zero-order chi connectivity index (χ0) is 15.4. The first kappa shape index (κ1) is 15.1. The van der Waals surface area contributed by atoms with Crippen molar-refractivity contribution in [2.75, 3.05) is 0 Å². The van der Waals surface area contributed by atoms with Crippen molar-refractivity contribution in [3.05, 3.63) is 47.7 Å². The molecule has 1 atom stereocenters. The topological polar surface area (TPSA) is 81.7 Å². The minimum absolute atomic E-state index is 0.00932. The largest absolute Gasteiger partial charge is 0.356 e. The molecule has 0 fully saturated rings. The molecule has 21 heavy (non-hydrogen) atoms. The predicted molar refractivity (Wildman–Crippen MR) is 77.5 cm³/mol. The first-order valence-electron chi connectivity index (χ1n) is 6.79. The Hall–Kier alpha value is -2.34. The number of nitrogens with zero attached hydrogens (tertiary/aromatic N) is 1. The summed E-state index contributed by atoms with van der Waals surface area (Å²) in [6, 6.07) is 9.39. The first-order valence-corrected chi connectivity index (χ1v) is 6.79. The number of amides is 2. The summed E-state index contributed by atoms with van der Waals surface area (Å²) in [6.45, 7) is 4.06. The molecule has 6 heteroatoms. The van der Waals surface area contributed by atoms with Gasteiger partial charge in [0.15, 0.2) is 0 Å². The van der Waals surface area contributed by atoms with Crippen LogP contribution in [-0.4, -0.2) is 34.2 Å². The van der Waals surface area contributed by atoms with Gasteiger partial charge in [-0.15, -0.1) is 0 Å². The van der Waals surface area contributed by atoms with Crippen LogP contribution >= 0.6 is 0 Å². The molecular formula is C15H19N3O3. The molecule has 2 amide bonds. The average Bonchev–Trinajstić information content (AvgIpc) is 2.45. The fourth-order valence-corrected chi connectivity index (χ4v) is 2.01. The normalized spacial score (nSPS) is 18.3. The van der Waals surface area contributed by atoms with Gasteiger partial charge in [0.25, 0.3) is 11.8 Å². The van der Waals surface area contributed by atoms with Crippen LogP contribution in [0.15, 0.2) is 42.1 Å². The molecule has 0 bridgehead atoms. The van der Waals surface area contributed by atoms with Crippen LogP contribution in [0.3, 0.4) is 0 Å². The Morgan fingerprint density at radius 1 is 1.38 bits per heavy atom. The van der Waals surface area contributed by atoms with Crippen molar-refractivity contribution in [2.24, 2.45) is 0 Å². The van der Waals surface area contributed by atoms with E-state index in [2.05, 4.69) is 10.6 Å². The Kier molecular flexibility index (Phi) is 4.59. The van der Waals surface area contributed by atoms with E-state index in [4.69, 9.17) is 0 Å². The molecule has 1 heterocycles. The van der Waals surface area contributed by atoms with Crippen LogP contribution in [-0.2, 0) is 16.1 Å². The summed E-state index contributed by atoms with van der Waals surface area (Å²) in [7, 11) is 0. The van der Waals surface area contributed by atoms with E-state index in [9.17, 15) is 14.7 Å². The summed E-state index contributed by atoms with van der Waals surface area (Å²) >= 11 is 0. The molecule has 0 saturated carbocycles. The van der Waals surface area contributed by atoms with Gasteiger partial charge in [-0.2, -0.15) is 0 Å². The minimum Gasteiger partial charge on any atom is -0.356 e. The molecule has 112 valence electrons. The molecule has 0 spiro atoms. The monoisotopic (exact) mass is 289 g/mol. The number of carbonyl (C=O) groups is 2. The third-order valence-electron chi connectivity index (χ3n) is 3.20. The second kappa shape index (κ2) is 6.41. The van der Waals surface area contributed by atoms with Crippen LogP contribution in [0.25, 0.3) is 0 Å². The van der Waals surface area contributed by atoms with Crippen molar-refractivity contribution in [3.63, 3.8) is 0 Å². The molecule has 0 aliphatic carbocycles. The first-order chi connectivity index (χ1) is 9.99. The lowest BCUT2D eigenvalue weighted by molar-refractivity contribution is -0.130. The van der Waals surface area contributed by atoms with Crippen molar-refractivity contribution >= 4 is 11.8 Å². The van der Waals surface area contributed by atoms with E-state index in [0.717, 1.165) is 5.56 Å². The summed E-state index contributed by atoms with van der Waals surface area (Å²) in [5.74, 6) is -1.04. The lowest BCUT2D eigenvalue weighted by atomic mass is 10.1. The number of benzene rings is 1. The standard InChI is InChI=1S/C15H19N3O3/c1-10(2)18-9-12(14(20)17-15(18)21)13(19)16-8-11-6-4-3-5-7-11/h3-7,9-10,15,21H,8H2,1-2H3,(H,16,19)(H,17,20). The molecule has 1 unspecified atom stereocenters. The Labute approximate surface area is 123 Å². The van der Waals surface area contributed by atoms with E-state index < -0.39 is 18.2 Å². The molecule has 0 radical (unpaired) electrons. The fraction of sp³-hybridized carbons (Fsp3) is 0.333. The number of carbonyl (C=O) groups excluding carboxylic acids is 2. The lowest BCUT2D eigenvalue weighted by Crippen LogP contribution is -2.54.